The van der Waals surface area contributed by atoms with E-state index in [2.05, 4.69) is 17.3 Å². The van der Waals surface area contributed by atoms with E-state index in [-0.39, 0.29) is 0 Å². The second-order valence-corrected chi connectivity index (χ2v) is 8.05. The lowest BCUT2D eigenvalue weighted by Crippen LogP contribution is -2.46. The SMILES string of the molecule is CNC1CCCCCC1CN1CCS(=O)(=O)CC1. The average molecular weight is 274 g/mol. The molecule has 0 amide bonds. The Balaban J connectivity index is 1.87. The molecule has 0 bridgehead atoms. The minimum atomic E-state index is -2.74. The summed E-state index contributed by atoms with van der Waals surface area (Å²) in [6.07, 6.45) is 6.57. The van der Waals surface area contributed by atoms with E-state index in [4.69, 9.17) is 0 Å². The van der Waals surface area contributed by atoms with E-state index in [1.54, 1.807) is 0 Å². The van der Waals surface area contributed by atoms with Crippen molar-refractivity contribution in [1.29, 1.82) is 0 Å². The summed E-state index contributed by atoms with van der Waals surface area (Å²) in [6.45, 7) is 2.53. The average Bonchev–Trinajstić information content (AvgIpc) is 2.57. The fraction of sp³-hybridized carbons (Fsp3) is 1.00. The minimum Gasteiger partial charge on any atom is -0.317 e. The molecule has 2 rings (SSSR count). The van der Waals surface area contributed by atoms with Gasteiger partial charge in [-0.3, -0.25) is 0 Å². The molecule has 1 N–H and O–H groups in total. The van der Waals surface area contributed by atoms with Gasteiger partial charge < -0.3 is 10.2 Å². The molecule has 0 aromatic rings. The summed E-state index contributed by atoms with van der Waals surface area (Å²) in [6, 6.07) is 0.617. The molecule has 1 aliphatic heterocycles. The third-order valence-corrected chi connectivity index (χ3v) is 6.07. The van der Waals surface area contributed by atoms with Crippen LogP contribution in [0.3, 0.4) is 0 Å². The van der Waals surface area contributed by atoms with Crippen LogP contribution in [0.2, 0.25) is 0 Å². The molecule has 2 fully saturated rings. The molecular weight excluding hydrogens is 248 g/mol. The summed E-state index contributed by atoms with van der Waals surface area (Å²) in [4.78, 5) is 2.35. The molecule has 0 aromatic heterocycles. The standard InChI is InChI=1S/C13H26N2O2S/c1-14-13-6-4-2-3-5-12(13)11-15-7-9-18(16,17)10-8-15/h12-14H,2-11H2,1H3. The zero-order chi connectivity index (χ0) is 13.0. The van der Waals surface area contributed by atoms with Crippen LogP contribution in [0.4, 0.5) is 0 Å². The van der Waals surface area contributed by atoms with E-state index in [0.29, 0.717) is 23.5 Å². The van der Waals surface area contributed by atoms with E-state index >= 15 is 0 Å². The molecule has 0 spiro atoms. The fourth-order valence-corrected chi connectivity index (χ4v) is 4.52. The van der Waals surface area contributed by atoms with Crippen molar-refractivity contribution in [3.63, 3.8) is 0 Å². The van der Waals surface area contributed by atoms with Crippen LogP contribution < -0.4 is 5.32 Å². The van der Waals surface area contributed by atoms with E-state index < -0.39 is 9.84 Å². The number of sulfone groups is 1. The van der Waals surface area contributed by atoms with Crippen molar-refractivity contribution < 1.29 is 8.42 Å². The zero-order valence-electron chi connectivity index (χ0n) is 11.4. The predicted molar refractivity (Wildman–Crippen MR) is 74.5 cm³/mol. The summed E-state index contributed by atoms with van der Waals surface area (Å²) >= 11 is 0. The molecule has 2 unspecified atom stereocenters. The summed E-state index contributed by atoms with van der Waals surface area (Å²) in [5, 5.41) is 3.45. The number of rotatable bonds is 3. The lowest BCUT2D eigenvalue weighted by Gasteiger charge is -2.33. The van der Waals surface area contributed by atoms with Crippen LogP contribution in [0.15, 0.2) is 0 Å². The van der Waals surface area contributed by atoms with Crippen LogP contribution in [0.25, 0.3) is 0 Å². The number of hydrogen-bond acceptors (Lipinski definition) is 4. The van der Waals surface area contributed by atoms with Gasteiger partial charge in [-0.1, -0.05) is 19.3 Å². The van der Waals surface area contributed by atoms with Gasteiger partial charge in [0.1, 0.15) is 0 Å². The van der Waals surface area contributed by atoms with Gasteiger partial charge in [0.25, 0.3) is 0 Å². The molecule has 5 heteroatoms. The Kier molecular flexibility index (Phi) is 5.04. The van der Waals surface area contributed by atoms with Gasteiger partial charge in [0.05, 0.1) is 11.5 Å². The van der Waals surface area contributed by atoms with Crippen molar-refractivity contribution in [2.75, 3.05) is 38.2 Å². The zero-order valence-corrected chi connectivity index (χ0v) is 12.2. The summed E-state index contributed by atoms with van der Waals surface area (Å²) < 4.78 is 22.8. The van der Waals surface area contributed by atoms with Crippen molar-refractivity contribution >= 4 is 9.84 Å². The molecule has 1 heterocycles. The Morgan fingerprint density at radius 1 is 1.11 bits per heavy atom. The van der Waals surface area contributed by atoms with Gasteiger partial charge in [0.2, 0.25) is 0 Å². The van der Waals surface area contributed by atoms with Crippen LogP contribution in [0.5, 0.6) is 0 Å². The summed E-state index contributed by atoms with van der Waals surface area (Å²) in [5.74, 6) is 1.40. The highest BCUT2D eigenvalue weighted by Gasteiger charge is 2.27. The Morgan fingerprint density at radius 2 is 1.78 bits per heavy atom. The van der Waals surface area contributed by atoms with E-state index in [1.807, 2.05) is 0 Å². The third kappa shape index (κ3) is 3.93. The Hall–Kier alpha value is -0.130. The third-order valence-electron chi connectivity index (χ3n) is 4.46. The molecule has 1 saturated heterocycles. The first-order valence-electron chi connectivity index (χ1n) is 7.21. The largest absolute Gasteiger partial charge is 0.317 e. The van der Waals surface area contributed by atoms with Crippen molar-refractivity contribution in [1.82, 2.24) is 10.2 Å². The van der Waals surface area contributed by atoms with Gasteiger partial charge in [0, 0.05) is 25.7 Å². The topological polar surface area (TPSA) is 49.4 Å². The Morgan fingerprint density at radius 3 is 2.44 bits per heavy atom. The monoisotopic (exact) mass is 274 g/mol. The molecular formula is C13H26N2O2S. The van der Waals surface area contributed by atoms with Gasteiger partial charge in [-0.25, -0.2) is 8.42 Å². The highest BCUT2D eigenvalue weighted by Crippen LogP contribution is 2.24. The molecule has 1 aliphatic carbocycles. The predicted octanol–water partition coefficient (Wildman–Crippen LogP) is 0.885. The first-order valence-corrected chi connectivity index (χ1v) is 9.03. The van der Waals surface area contributed by atoms with Crippen molar-refractivity contribution in [3.05, 3.63) is 0 Å². The van der Waals surface area contributed by atoms with Crippen LogP contribution in [0, 0.1) is 5.92 Å². The van der Waals surface area contributed by atoms with Crippen LogP contribution in [-0.4, -0.2) is 57.5 Å². The molecule has 2 aliphatic rings. The highest BCUT2D eigenvalue weighted by molar-refractivity contribution is 7.91. The highest BCUT2D eigenvalue weighted by atomic mass is 32.2. The minimum absolute atomic E-state index is 0.351. The van der Waals surface area contributed by atoms with Crippen molar-refractivity contribution in [2.45, 2.75) is 38.1 Å². The Bertz CT molecular complexity index is 342. The fourth-order valence-electron chi connectivity index (χ4n) is 3.25. The number of hydrogen-bond donors (Lipinski definition) is 1. The maximum atomic E-state index is 11.4. The summed E-state index contributed by atoms with van der Waals surface area (Å²) in [5.41, 5.74) is 0. The lowest BCUT2D eigenvalue weighted by atomic mass is 9.94. The van der Waals surface area contributed by atoms with E-state index in [9.17, 15) is 8.42 Å². The second kappa shape index (κ2) is 6.35. The molecule has 4 nitrogen and oxygen atoms in total. The summed E-state index contributed by atoms with van der Waals surface area (Å²) in [7, 11) is -0.681. The van der Waals surface area contributed by atoms with Crippen molar-refractivity contribution in [3.8, 4) is 0 Å². The van der Waals surface area contributed by atoms with Gasteiger partial charge >= 0.3 is 0 Å². The number of nitrogens with one attached hydrogen (secondary N) is 1. The molecule has 106 valence electrons. The molecule has 1 saturated carbocycles. The van der Waals surface area contributed by atoms with Gasteiger partial charge in [-0.15, -0.1) is 0 Å². The normalized spacial score (nSPS) is 34.1. The second-order valence-electron chi connectivity index (χ2n) is 5.75. The number of nitrogens with zero attached hydrogens (tertiary/aromatic N) is 1. The lowest BCUT2D eigenvalue weighted by molar-refractivity contribution is 0.209. The van der Waals surface area contributed by atoms with Gasteiger partial charge in [-0.05, 0) is 25.8 Å². The maximum Gasteiger partial charge on any atom is 0.152 e. The quantitative estimate of drug-likeness (QED) is 0.776. The molecule has 0 aromatic carbocycles. The Labute approximate surface area is 111 Å². The van der Waals surface area contributed by atoms with Crippen LogP contribution in [-0.2, 0) is 9.84 Å². The molecule has 18 heavy (non-hydrogen) atoms. The smallest absolute Gasteiger partial charge is 0.152 e. The first kappa shape index (κ1) is 14.3. The van der Waals surface area contributed by atoms with E-state index in [1.165, 1.54) is 32.1 Å². The van der Waals surface area contributed by atoms with Gasteiger partial charge in [-0.2, -0.15) is 0 Å². The van der Waals surface area contributed by atoms with Crippen molar-refractivity contribution in [2.24, 2.45) is 5.92 Å². The molecule has 0 radical (unpaired) electrons. The van der Waals surface area contributed by atoms with Gasteiger partial charge in [0.15, 0.2) is 9.84 Å². The van der Waals surface area contributed by atoms with Crippen LogP contribution in [0.1, 0.15) is 32.1 Å². The van der Waals surface area contributed by atoms with Crippen LogP contribution >= 0.6 is 0 Å². The first-order chi connectivity index (χ1) is 8.61. The molecule has 2 atom stereocenters. The van der Waals surface area contributed by atoms with E-state index in [0.717, 1.165) is 19.6 Å². The maximum absolute atomic E-state index is 11.4.